The van der Waals surface area contributed by atoms with Gasteiger partial charge in [-0.3, -0.25) is 0 Å². The largest absolute Gasteiger partial charge is 0.197 e. The minimum absolute atomic E-state index is 0.0816. The zero-order valence-electron chi connectivity index (χ0n) is 5.49. The van der Waals surface area contributed by atoms with E-state index in [1.807, 2.05) is 13.8 Å². The third kappa shape index (κ3) is 2.68. The number of nitriles is 1. The molecule has 1 nitrogen and oxygen atoms in total. The van der Waals surface area contributed by atoms with Crippen LogP contribution in [0.15, 0.2) is 0 Å². The van der Waals surface area contributed by atoms with Crippen LogP contribution in [0.1, 0.15) is 20.3 Å². The molecule has 0 aromatic heterocycles. The first-order valence-electron chi connectivity index (χ1n) is 2.77. The Bertz CT molecular complexity index is 126. The lowest BCUT2D eigenvalue weighted by Gasteiger charge is -2.20. The van der Waals surface area contributed by atoms with E-state index in [4.69, 9.17) is 5.26 Å². The summed E-state index contributed by atoms with van der Waals surface area (Å²) in [6.45, 7) is 4.04. The van der Waals surface area contributed by atoms with Crippen LogP contribution in [0.2, 0.25) is 0 Å². The van der Waals surface area contributed by atoms with E-state index in [-0.39, 0.29) is 9.15 Å². The fourth-order valence-corrected chi connectivity index (χ4v) is 0.740. The van der Waals surface area contributed by atoms with Crippen LogP contribution < -0.4 is 0 Å². The Morgan fingerprint density at radius 2 is 2.22 bits per heavy atom. The zero-order chi connectivity index (χ0) is 7.49. The lowest BCUT2D eigenvalue weighted by atomic mass is 10.1. The molecule has 0 aliphatic heterocycles. The van der Waals surface area contributed by atoms with Gasteiger partial charge in [-0.05, 0) is 13.3 Å². The molecular weight excluding hydrogens is 246 g/mol. The predicted octanol–water partition coefficient (Wildman–Crippen LogP) is 2.84. The van der Waals surface area contributed by atoms with Crippen molar-refractivity contribution in [3.63, 3.8) is 0 Å². The second-order valence-corrected chi connectivity index (χ2v) is 4.85. The van der Waals surface area contributed by atoms with Crippen molar-refractivity contribution < 1.29 is 0 Å². The van der Waals surface area contributed by atoms with E-state index in [2.05, 4.69) is 37.9 Å². The van der Waals surface area contributed by atoms with Crippen molar-refractivity contribution in [3.05, 3.63) is 0 Å². The lowest BCUT2D eigenvalue weighted by Crippen LogP contribution is -2.25. The molecule has 3 heteroatoms. The molecule has 0 aromatic carbocycles. The maximum Gasteiger partial charge on any atom is 0.116 e. The van der Waals surface area contributed by atoms with Crippen molar-refractivity contribution in [2.24, 2.45) is 0 Å². The Morgan fingerprint density at radius 1 is 1.78 bits per heavy atom. The predicted molar refractivity (Wildman–Crippen MR) is 46.0 cm³/mol. The summed E-state index contributed by atoms with van der Waals surface area (Å²) in [6.07, 6.45) is 0.941. The highest BCUT2D eigenvalue weighted by molar-refractivity contribution is 9.12. The van der Waals surface area contributed by atoms with Crippen molar-refractivity contribution in [2.75, 3.05) is 0 Å². The van der Waals surface area contributed by atoms with Crippen LogP contribution in [0.25, 0.3) is 0 Å². The van der Waals surface area contributed by atoms with Crippen LogP contribution in [0.4, 0.5) is 0 Å². The monoisotopic (exact) mass is 253 g/mol. The Hall–Kier alpha value is 0.450. The second kappa shape index (κ2) is 3.58. The molecule has 0 rings (SSSR count). The van der Waals surface area contributed by atoms with Gasteiger partial charge in [-0.25, -0.2) is 0 Å². The molecule has 0 aliphatic rings. The fraction of sp³-hybridized carbons (Fsp3) is 0.833. The summed E-state index contributed by atoms with van der Waals surface area (Å²) >= 11 is 6.69. The van der Waals surface area contributed by atoms with Gasteiger partial charge in [-0.15, -0.1) is 0 Å². The highest BCUT2D eigenvalue weighted by Crippen LogP contribution is 2.30. The number of rotatable bonds is 2. The molecule has 0 fully saturated rings. The van der Waals surface area contributed by atoms with E-state index in [0.717, 1.165) is 6.42 Å². The normalized spacial score (nSPS) is 19.9. The third-order valence-corrected chi connectivity index (χ3v) is 4.18. The van der Waals surface area contributed by atoms with Gasteiger partial charge in [0.05, 0.1) is 6.07 Å². The molecule has 0 saturated carbocycles. The standard InChI is InChI=1S/C6H9Br2N/c1-3-6(2,8)5(7)4-9/h5H,3H2,1-2H3. The maximum atomic E-state index is 8.47. The van der Waals surface area contributed by atoms with E-state index >= 15 is 0 Å². The minimum atomic E-state index is -0.102. The zero-order valence-corrected chi connectivity index (χ0v) is 8.66. The molecule has 0 amide bonds. The Balaban J connectivity index is 4.01. The van der Waals surface area contributed by atoms with Gasteiger partial charge in [-0.2, -0.15) is 5.26 Å². The molecule has 0 saturated heterocycles. The highest BCUT2D eigenvalue weighted by Gasteiger charge is 2.26. The summed E-state index contributed by atoms with van der Waals surface area (Å²) in [6, 6.07) is 2.13. The molecular formula is C6H9Br2N. The Labute approximate surface area is 72.7 Å². The molecule has 0 N–H and O–H groups in total. The number of halogens is 2. The fourth-order valence-electron chi connectivity index (χ4n) is 0.314. The van der Waals surface area contributed by atoms with Gasteiger partial charge in [-0.1, -0.05) is 38.8 Å². The molecule has 0 aromatic rings. The van der Waals surface area contributed by atoms with Crippen LogP contribution >= 0.6 is 31.9 Å². The van der Waals surface area contributed by atoms with Crippen molar-refractivity contribution in [3.8, 4) is 6.07 Å². The van der Waals surface area contributed by atoms with Crippen LogP contribution in [-0.2, 0) is 0 Å². The second-order valence-electron chi connectivity index (χ2n) is 2.12. The number of alkyl halides is 2. The van der Waals surface area contributed by atoms with Gasteiger partial charge in [0.2, 0.25) is 0 Å². The average molecular weight is 255 g/mol. The van der Waals surface area contributed by atoms with Crippen molar-refractivity contribution in [1.82, 2.24) is 0 Å². The maximum absolute atomic E-state index is 8.47. The van der Waals surface area contributed by atoms with E-state index in [0.29, 0.717) is 0 Å². The number of hydrogen-bond donors (Lipinski definition) is 0. The van der Waals surface area contributed by atoms with Crippen molar-refractivity contribution in [1.29, 1.82) is 5.26 Å². The molecule has 9 heavy (non-hydrogen) atoms. The molecule has 0 bridgehead atoms. The summed E-state index contributed by atoms with van der Waals surface area (Å²) in [5.41, 5.74) is 0. The summed E-state index contributed by atoms with van der Waals surface area (Å²) in [5.74, 6) is 0. The lowest BCUT2D eigenvalue weighted by molar-refractivity contribution is 0.668. The first-order chi connectivity index (χ1) is 4.04. The van der Waals surface area contributed by atoms with Gasteiger partial charge >= 0.3 is 0 Å². The number of nitrogens with zero attached hydrogens (tertiary/aromatic N) is 1. The van der Waals surface area contributed by atoms with Gasteiger partial charge in [0.15, 0.2) is 0 Å². The van der Waals surface area contributed by atoms with Crippen LogP contribution in [0.5, 0.6) is 0 Å². The summed E-state index contributed by atoms with van der Waals surface area (Å²) in [5, 5.41) is 8.47. The van der Waals surface area contributed by atoms with E-state index in [9.17, 15) is 0 Å². The van der Waals surface area contributed by atoms with E-state index < -0.39 is 0 Å². The summed E-state index contributed by atoms with van der Waals surface area (Å²) in [4.78, 5) is -0.102. The molecule has 52 valence electrons. The number of hydrogen-bond acceptors (Lipinski definition) is 1. The third-order valence-electron chi connectivity index (χ3n) is 1.33. The first kappa shape index (κ1) is 9.45. The van der Waals surface area contributed by atoms with Gasteiger partial charge in [0.25, 0.3) is 0 Å². The molecule has 2 atom stereocenters. The topological polar surface area (TPSA) is 23.8 Å². The molecule has 2 unspecified atom stereocenters. The summed E-state index contributed by atoms with van der Waals surface area (Å²) in [7, 11) is 0. The van der Waals surface area contributed by atoms with Crippen LogP contribution in [-0.4, -0.2) is 9.15 Å². The molecule has 0 aliphatic carbocycles. The van der Waals surface area contributed by atoms with Gasteiger partial charge in [0.1, 0.15) is 4.83 Å². The smallest absolute Gasteiger partial charge is 0.116 e. The van der Waals surface area contributed by atoms with E-state index in [1.54, 1.807) is 0 Å². The summed E-state index contributed by atoms with van der Waals surface area (Å²) < 4.78 is -0.0816. The van der Waals surface area contributed by atoms with Gasteiger partial charge < -0.3 is 0 Å². The Kier molecular flexibility index (Phi) is 3.76. The first-order valence-corrected chi connectivity index (χ1v) is 4.48. The molecule has 0 spiro atoms. The van der Waals surface area contributed by atoms with Crippen molar-refractivity contribution in [2.45, 2.75) is 29.4 Å². The molecule has 0 radical (unpaired) electrons. The minimum Gasteiger partial charge on any atom is -0.197 e. The SMILES string of the molecule is CCC(C)(Br)C(Br)C#N. The average Bonchev–Trinajstić information content (AvgIpc) is 1.86. The van der Waals surface area contributed by atoms with Gasteiger partial charge in [0, 0.05) is 4.32 Å². The quantitative estimate of drug-likeness (QED) is 0.696. The molecule has 0 heterocycles. The van der Waals surface area contributed by atoms with E-state index in [1.165, 1.54) is 0 Å². The van der Waals surface area contributed by atoms with Crippen LogP contribution in [0.3, 0.4) is 0 Å². The Morgan fingerprint density at radius 3 is 2.33 bits per heavy atom. The van der Waals surface area contributed by atoms with Crippen molar-refractivity contribution >= 4 is 31.9 Å². The highest BCUT2D eigenvalue weighted by atomic mass is 79.9. The van der Waals surface area contributed by atoms with Crippen LogP contribution in [0, 0.1) is 11.3 Å².